The fourth-order valence-electron chi connectivity index (χ4n) is 5.14. The summed E-state index contributed by atoms with van der Waals surface area (Å²) in [6.07, 6.45) is 4.40. The van der Waals surface area contributed by atoms with E-state index in [4.69, 9.17) is 9.47 Å². The lowest BCUT2D eigenvalue weighted by molar-refractivity contribution is -0.133. The predicted octanol–water partition coefficient (Wildman–Crippen LogP) is 4.31. The fourth-order valence-corrected chi connectivity index (χ4v) is 5.14. The molecule has 1 amide bonds. The predicted molar refractivity (Wildman–Crippen MR) is 128 cm³/mol. The van der Waals surface area contributed by atoms with E-state index in [0.29, 0.717) is 68.9 Å². The average Bonchev–Trinajstić information content (AvgIpc) is 2.83. The molecule has 1 saturated carbocycles. The van der Waals surface area contributed by atoms with Crippen molar-refractivity contribution in [1.29, 1.82) is 0 Å². The number of likely N-dealkylation sites (tertiary alicyclic amines) is 1. The number of rotatable bonds is 9. The second-order valence-corrected chi connectivity index (χ2v) is 10.0. The Kier molecular flexibility index (Phi) is 9.75. The molecule has 1 aliphatic carbocycles. The van der Waals surface area contributed by atoms with Crippen LogP contribution < -0.4 is 0 Å². The van der Waals surface area contributed by atoms with Crippen LogP contribution in [0.2, 0.25) is 0 Å². The lowest BCUT2D eigenvalue weighted by Crippen LogP contribution is -2.42. The third-order valence-electron chi connectivity index (χ3n) is 7.90. The van der Waals surface area contributed by atoms with Crippen molar-refractivity contribution in [2.75, 3.05) is 26.3 Å². The van der Waals surface area contributed by atoms with Crippen LogP contribution in [0.3, 0.4) is 0 Å². The number of unbranched alkanes of at least 4 members (excludes halogenated alkanes) is 1. The molecule has 0 spiro atoms. The van der Waals surface area contributed by atoms with Crippen molar-refractivity contribution in [2.45, 2.75) is 71.5 Å². The second-order valence-electron chi connectivity index (χ2n) is 10.0. The first-order chi connectivity index (χ1) is 15.9. The molecule has 0 bridgehead atoms. The zero-order valence-corrected chi connectivity index (χ0v) is 20.4. The van der Waals surface area contributed by atoms with Gasteiger partial charge in [0.2, 0.25) is 5.91 Å². The molecular formula is C27H41NO5. The first kappa shape index (κ1) is 25.7. The molecule has 2 fully saturated rings. The topological polar surface area (TPSA) is 76.1 Å². The molecule has 0 aromatic heterocycles. The molecule has 1 aromatic carbocycles. The van der Waals surface area contributed by atoms with Gasteiger partial charge in [0.05, 0.1) is 24.4 Å². The van der Waals surface area contributed by atoms with E-state index in [1.54, 1.807) is 12.1 Å². The number of piperidine rings is 1. The molecule has 6 nitrogen and oxygen atoms in total. The van der Waals surface area contributed by atoms with Crippen molar-refractivity contribution in [3.8, 4) is 0 Å². The van der Waals surface area contributed by atoms with Crippen molar-refractivity contribution in [1.82, 2.24) is 4.90 Å². The highest BCUT2D eigenvalue weighted by atomic mass is 16.5. The van der Waals surface area contributed by atoms with Gasteiger partial charge >= 0.3 is 5.97 Å². The van der Waals surface area contributed by atoms with E-state index >= 15 is 0 Å². The quantitative estimate of drug-likeness (QED) is 0.440. The van der Waals surface area contributed by atoms with Crippen LogP contribution in [0.5, 0.6) is 0 Å². The molecule has 1 heterocycles. The summed E-state index contributed by atoms with van der Waals surface area (Å²) in [6.45, 7) is 9.19. The van der Waals surface area contributed by atoms with E-state index in [2.05, 4.69) is 20.8 Å². The summed E-state index contributed by atoms with van der Waals surface area (Å²) in [4.78, 5) is 26.6. The van der Waals surface area contributed by atoms with Gasteiger partial charge in [-0.15, -0.1) is 0 Å². The van der Waals surface area contributed by atoms with Gasteiger partial charge in [0.25, 0.3) is 0 Å². The van der Waals surface area contributed by atoms with Crippen LogP contribution in [0, 0.1) is 23.7 Å². The summed E-state index contributed by atoms with van der Waals surface area (Å²) >= 11 is 0. The molecule has 1 N–H and O–H groups in total. The first-order valence-corrected chi connectivity index (χ1v) is 12.7. The van der Waals surface area contributed by atoms with E-state index in [0.717, 1.165) is 19.3 Å². The largest absolute Gasteiger partial charge is 0.462 e. The first-order valence-electron chi connectivity index (χ1n) is 12.7. The van der Waals surface area contributed by atoms with E-state index < -0.39 is 0 Å². The highest BCUT2D eigenvalue weighted by Gasteiger charge is 2.39. The van der Waals surface area contributed by atoms with Gasteiger partial charge in [0, 0.05) is 26.1 Å². The fraction of sp³-hybridized carbons (Fsp3) is 0.704. The van der Waals surface area contributed by atoms with Gasteiger partial charge < -0.3 is 19.5 Å². The van der Waals surface area contributed by atoms with Gasteiger partial charge in [-0.3, -0.25) is 4.79 Å². The summed E-state index contributed by atoms with van der Waals surface area (Å²) in [5, 5.41) is 9.59. The van der Waals surface area contributed by atoms with Crippen LogP contribution in [0.1, 0.15) is 69.7 Å². The van der Waals surface area contributed by atoms with Gasteiger partial charge in [-0.05, 0) is 67.9 Å². The van der Waals surface area contributed by atoms with E-state index in [-0.39, 0.29) is 30.0 Å². The van der Waals surface area contributed by atoms with Crippen molar-refractivity contribution in [3.05, 3.63) is 35.9 Å². The Morgan fingerprint density at radius 1 is 1.00 bits per heavy atom. The summed E-state index contributed by atoms with van der Waals surface area (Å²) in [6, 6.07) is 9.14. The molecule has 3 rings (SSSR count). The number of aliphatic hydroxyl groups excluding tert-OH is 1. The number of ether oxygens (including phenoxy) is 2. The van der Waals surface area contributed by atoms with Crippen molar-refractivity contribution < 1.29 is 24.2 Å². The van der Waals surface area contributed by atoms with Gasteiger partial charge in [0.15, 0.2) is 0 Å². The number of hydrogen-bond donors (Lipinski definition) is 1. The zero-order chi connectivity index (χ0) is 23.8. The third kappa shape index (κ3) is 7.28. The molecule has 33 heavy (non-hydrogen) atoms. The normalized spacial score (nSPS) is 28.5. The number of carbonyl (C=O) groups is 2. The highest BCUT2D eigenvalue weighted by Crippen LogP contribution is 2.40. The molecule has 184 valence electrons. The standard InChI is InChI=1S/C27H41NO5/c1-19-20(2)23(18-33-27(31)22-9-5-4-6-10-22)17-25(21(19)3)32-16-8-7-11-26(30)28-14-12-24(29)13-15-28/h4-6,9-10,19-21,23-25,29H,7-8,11-18H2,1-3H3/t19-,20+,21?,23?,25+/m0/s1. The van der Waals surface area contributed by atoms with Crippen LogP contribution in [0.25, 0.3) is 0 Å². The Morgan fingerprint density at radius 2 is 1.70 bits per heavy atom. The number of amides is 1. The maximum absolute atomic E-state index is 12.4. The van der Waals surface area contributed by atoms with Crippen LogP contribution in [-0.4, -0.2) is 60.4 Å². The second kappa shape index (κ2) is 12.5. The molecule has 1 saturated heterocycles. The van der Waals surface area contributed by atoms with Gasteiger partial charge in [-0.25, -0.2) is 4.79 Å². The molecule has 6 heteroatoms. The zero-order valence-electron chi connectivity index (χ0n) is 20.4. The Morgan fingerprint density at radius 3 is 2.39 bits per heavy atom. The number of hydrogen-bond acceptors (Lipinski definition) is 5. The summed E-state index contributed by atoms with van der Waals surface area (Å²) in [5.74, 6) is 1.60. The van der Waals surface area contributed by atoms with Crippen LogP contribution in [-0.2, 0) is 14.3 Å². The minimum absolute atomic E-state index is 0.149. The van der Waals surface area contributed by atoms with Crippen molar-refractivity contribution >= 4 is 11.9 Å². The average molecular weight is 460 g/mol. The number of esters is 1. The number of nitrogens with zero attached hydrogens (tertiary/aromatic N) is 1. The monoisotopic (exact) mass is 459 g/mol. The lowest BCUT2D eigenvalue weighted by atomic mass is 9.67. The molecule has 5 atom stereocenters. The van der Waals surface area contributed by atoms with Crippen molar-refractivity contribution in [2.24, 2.45) is 23.7 Å². The Hall–Kier alpha value is -1.92. The van der Waals surface area contributed by atoms with Crippen LogP contribution in [0.15, 0.2) is 30.3 Å². The van der Waals surface area contributed by atoms with E-state index in [9.17, 15) is 14.7 Å². The molecule has 0 radical (unpaired) electrons. The Bertz CT molecular complexity index is 746. The summed E-state index contributed by atoms with van der Waals surface area (Å²) in [5.41, 5.74) is 0.588. The Balaban J connectivity index is 1.39. The molecular weight excluding hydrogens is 418 g/mol. The number of benzene rings is 1. The summed E-state index contributed by atoms with van der Waals surface area (Å²) in [7, 11) is 0. The van der Waals surface area contributed by atoms with Crippen molar-refractivity contribution in [3.63, 3.8) is 0 Å². The maximum atomic E-state index is 12.4. The molecule has 1 aliphatic heterocycles. The van der Waals surface area contributed by atoms with Gasteiger partial charge in [0.1, 0.15) is 0 Å². The third-order valence-corrected chi connectivity index (χ3v) is 7.90. The summed E-state index contributed by atoms with van der Waals surface area (Å²) < 4.78 is 11.9. The lowest BCUT2D eigenvalue weighted by Gasteiger charge is -2.43. The van der Waals surface area contributed by atoms with E-state index in [1.807, 2.05) is 23.1 Å². The Labute approximate surface area is 198 Å². The minimum atomic E-state index is -0.264. The molecule has 1 aromatic rings. The van der Waals surface area contributed by atoms with Crippen LogP contribution in [0.4, 0.5) is 0 Å². The number of carbonyl (C=O) groups excluding carboxylic acids is 2. The minimum Gasteiger partial charge on any atom is -0.462 e. The van der Waals surface area contributed by atoms with E-state index in [1.165, 1.54) is 0 Å². The maximum Gasteiger partial charge on any atom is 0.338 e. The van der Waals surface area contributed by atoms with Gasteiger partial charge in [-0.2, -0.15) is 0 Å². The van der Waals surface area contributed by atoms with Gasteiger partial charge in [-0.1, -0.05) is 39.0 Å². The van der Waals surface area contributed by atoms with Crippen LogP contribution >= 0.6 is 0 Å². The SMILES string of the molecule is CC1[C@@H](C)[C@@H](C)C(COC(=O)c2ccccc2)C[C@H]1OCCCCC(=O)N1CCC(O)CC1. The molecule has 2 aliphatic rings. The smallest absolute Gasteiger partial charge is 0.338 e. The number of aliphatic hydroxyl groups is 1. The highest BCUT2D eigenvalue weighted by molar-refractivity contribution is 5.89. The molecule has 2 unspecified atom stereocenters.